The number of aromatic nitrogens is 3. The first-order chi connectivity index (χ1) is 17.0. The number of carbonyl (C=O) groups excluding carboxylic acids is 1. The molecule has 0 saturated heterocycles. The maximum absolute atomic E-state index is 13.3. The van der Waals surface area contributed by atoms with Crippen LogP contribution in [0.2, 0.25) is 0 Å². The van der Waals surface area contributed by atoms with Gasteiger partial charge in [0.25, 0.3) is 11.5 Å². The van der Waals surface area contributed by atoms with Crippen LogP contribution in [0, 0.1) is 5.41 Å². The van der Waals surface area contributed by atoms with Gasteiger partial charge in [0, 0.05) is 24.5 Å². The normalized spacial score (nSPS) is 11.1. The molecule has 0 bridgehead atoms. The number of rotatable bonds is 10. The minimum atomic E-state index is -0.459. The van der Waals surface area contributed by atoms with Crippen molar-refractivity contribution < 1.29 is 9.53 Å². The Hall–Kier alpha value is -3.94. The number of amides is 1. The van der Waals surface area contributed by atoms with Crippen LogP contribution in [-0.4, -0.2) is 27.0 Å². The number of hydrogen-bond acceptors (Lipinski definition) is 5. The number of methoxy groups -OCH3 is 1. The number of unbranched alkanes of at least 4 members (excludes halogenated alkanes) is 5. The number of nitrogens with one attached hydrogen (secondary N) is 2. The topological polar surface area (TPSA) is 101 Å². The van der Waals surface area contributed by atoms with E-state index in [1.165, 1.54) is 29.7 Å². The van der Waals surface area contributed by atoms with Crippen LogP contribution in [0.25, 0.3) is 16.7 Å². The summed E-state index contributed by atoms with van der Waals surface area (Å²) in [7, 11) is 1.56. The number of benzene rings is 1. The Bertz CT molecular complexity index is 1470. The Morgan fingerprint density at radius 1 is 1.06 bits per heavy atom. The predicted octanol–water partition coefficient (Wildman–Crippen LogP) is 4.75. The van der Waals surface area contributed by atoms with Gasteiger partial charge in [0.1, 0.15) is 22.5 Å². The lowest BCUT2D eigenvalue weighted by atomic mass is 10.1. The Kier molecular flexibility index (Phi) is 7.60. The van der Waals surface area contributed by atoms with Gasteiger partial charge in [0.15, 0.2) is 0 Å². The number of fused-ring (bicyclic) bond motifs is 2. The molecule has 182 valence electrons. The molecule has 4 aromatic rings. The van der Waals surface area contributed by atoms with Crippen molar-refractivity contribution in [3.8, 4) is 5.75 Å². The maximum atomic E-state index is 13.3. The van der Waals surface area contributed by atoms with E-state index in [9.17, 15) is 9.59 Å². The first-order valence-corrected chi connectivity index (χ1v) is 12.1. The van der Waals surface area contributed by atoms with E-state index in [1.807, 2.05) is 6.07 Å². The number of anilines is 1. The van der Waals surface area contributed by atoms with Crippen LogP contribution in [-0.2, 0) is 6.54 Å². The van der Waals surface area contributed by atoms with Gasteiger partial charge in [-0.05, 0) is 36.8 Å². The molecule has 0 unspecified atom stereocenters. The molecule has 2 N–H and O–H groups in total. The predicted molar refractivity (Wildman–Crippen MR) is 137 cm³/mol. The van der Waals surface area contributed by atoms with Gasteiger partial charge in [-0.25, -0.2) is 4.98 Å². The average Bonchev–Trinajstić information content (AvgIpc) is 2.87. The third-order valence-electron chi connectivity index (χ3n) is 6.13. The first kappa shape index (κ1) is 24.2. The second-order valence-electron chi connectivity index (χ2n) is 8.60. The van der Waals surface area contributed by atoms with E-state index in [0.717, 1.165) is 19.3 Å². The van der Waals surface area contributed by atoms with Gasteiger partial charge < -0.3 is 14.6 Å². The molecule has 8 heteroatoms. The van der Waals surface area contributed by atoms with Crippen molar-refractivity contribution in [2.24, 2.45) is 0 Å². The van der Waals surface area contributed by atoms with Crippen LogP contribution in [0.5, 0.6) is 5.75 Å². The second kappa shape index (κ2) is 11.0. The van der Waals surface area contributed by atoms with E-state index in [4.69, 9.17) is 15.1 Å². The first-order valence-electron chi connectivity index (χ1n) is 12.1. The van der Waals surface area contributed by atoms with Gasteiger partial charge in [-0.1, -0.05) is 51.2 Å². The molecule has 1 amide bonds. The molecule has 4 rings (SSSR count). The number of ether oxygens (including phenoxy) is 1. The highest BCUT2D eigenvalue weighted by molar-refractivity contribution is 6.05. The molecule has 0 aliphatic rings. The molecule has 3 aromatic heterocycles. The molecule has 3 heterocycles. The quantitative estimate of drug-likeness (QED) is 0.256. The van der Waals surface area contributed by atoms with E-state index in [1.54, 1.807) is 54.3 Å². The lowest BCUT2D eigenvalue weighted by molar-refractivity contribution is 0.102. The fraction of sp³-hybridized carbons (Fsp3) is 0.333. The second-order valence-corrected chi connectivity index (χ2v) is 8.60. The molecular weight excluding hydrogens is 442 g/mol. The zero-order valence-electron chi connectivity index (χ0n) is 20.2. The minimum Gasteiger partial charge on any atom is -0.497 e. The Morgan fingerprint density at radius 2 is 1.86 bits per heavy atom. The van der Waals surface area contributed by atoms with Crippen molar-refractivity contribution in [2.45, 2.75) is 52.0 Å². The van der Waals surface area contributed by atoms with Crippen LogP contribution < -0.4 is 21.1 Å². The lowest BCUT2D eigenvalue weighted by Gasteiger charge is -2.15. The molecule has 0 saturated carbocycles. The number of aryl methyl sites for hydroxylation is 1. The van der Waals surface area contributed by atoms with Crippen molar-refractivity contribution in [2.75, 3.05) is 12.4 Å². The van der Waals surface area contributed by atoms with E-state index in [-0.39, 0.29) is 16.6 Å². The molecule has 35 heavy (non-hydrogen) atoms. The molecule has 0 spiro atoms. The van der Waals surface area contributed by atoms with Gasteiger partial charge in [-0.15, -0.1) is 0 Å². The summed E-state index contributed by atoms with van der Waals surface area (Å²) in [6, 6.07) is 13.9. The summed E-state index contributed by atoms with van der Waals surface area (Å²) in [6.07, 6.45) is 8.21. The Balaban J connectivity index is 1.76. The minimum absolute atomic E-state index is 0.0404. The summed E-state index contributed by atoms with van der Waals surface area (Å²) in [5.41, 5.74) is 1.38. The van der Waals surface area contributed by atoms with E-state index in [2.05, 4.69) is 12.2 Å². The molecular formula is C27H31N5O3. The molecule has 1 aromatic carbocycles. The van der Waals surface area contributed by atoms with Crippen LogP contribution >= 0.6 is 0 Å². The van der Waals surface area contributed by atoms with E-state index < -0.39 is 5.91 Å². The van der Waals surface area contributed by atoms with Gasteiger partial charge in [-0.2, -0.15) is 0 Å². The molecule has 0 aliphatic heterocycles. The van der Waals surface area contributed by atoms with Crippen molar-refractivity contribution in [1.29, 1.82) is 5.41 Å². The zero-order chi connectivity index (χ0) is 24.8. The van der Waals surface area contributed by atoms with Crippen LogP contribution in [0.15, 0.2) is 59.5 Å². The highest BCUT2D eigenvalue weighted by atomic mass is 16.5. The molecule has 0 aliphatic carbocycles. The molecule has 0 atom stereocenters. The maximum Gasteiger partial charge on any atom is 0.267 e. The van der Waals surface area contributed by atoms with Crippen molar-refractivity contribution in [3.05, 3.63) is 76.1 Å². The van der Waals surface area contributed by atoms with Crippen LogP contribution in [0.3, 0.4) is 0 Å². The SMILES string of the molecule is CCCCCCCCn1c(=N)c(C(=O)Nc2cccc(OC)c2)cc2c(=O)n3ccccc3nc21. The summed E-state index contributed by atoms with van der Waals surface area (Å²) in [5, 5.41) is 12.0. The van der Waals surface area contributed by atoms with Gasteiger partial charge in [-0.3, -0.25) is 19.4 Å². The summed E-state index contributed by atoms with van der Waals surface area (Å²) in [6.45, 7) is 2.70. The van der Waals surface area contributed by atoms with Gasteiger partial charge >= 0.3 is 0 Å². The smallest absolute Gasteiger partial charge is 0.267 e. The third-order valence-corrected chi connectivity index (χ3v) is 6.13. The number of pyridine rings is 2. The largest absolute Gasteiger partial charge is 0.497 e. The van der Waals surface area contributed by atoms with Crippen LogP contribution in [0.1, 0.15) is 55.8 Å². The van der Waals surface area contributed by atoms with Crippen molar-refractivity contribution in [1.82, 2.24) is 14.0 Å². The number of carbonyl (C=O) groups is 1. The third kappa shape index (κ3) is 5.26. The zero-order valence-corrected chi connectivity index (χ0v) is 20.2. The van der Waals surface area contributed by atoms with E-state index >= 15 is 0 Å². The number of nitrogens with zero attached hydrogens (tertiary/aromatic N) is 3. The van der Waals surface area contributed by atoms with E-state index in [0.29, 0.717) is 34.7 Å². The summed E-state index contributed by atoms with van der Waals surface area (Å²) >= 11 is 0. The Labute approximate surface area is 203 Å². The Morgan fingerprint density at radius 3 is 2.66 bits per heavy atom. The average molecular weight is 474 g/mol. The lowest BCUT2D eigenvalue weighted by Crippen LogP contribution is -2.32. The fourth-order valence-electron chi connectivity index (χ4n) is 4.23. The molecule has 0 fully saturated rings. The fourth-order valence-corrected chi connectivity index (χ4v) is 4.23. The van der Waals surface area contributed by atoms with Gasteiger partial charge in [0.05, 0.1) is 18.1 Å². The van der Waals surface area contributed by atoms with Crippen molar-refractivity contribution >= 4 is 28.3 Å². The summed E-state index contributed by atoms with van der Waals surface area (Å²) < 4.78 is 8.40. The van der Waals surface area contributed by atoms with Gasteiger partial charge in [0.2, 0.25) is 0 Å². The van der Waals surface area contributed by atoms with Crippen molar-refractivity contribution in [3.63, 3.8) is 0 Å². The molecule has 0 radical (unpaired) electrons. The highest BCUT2D eigenvalue weighted by Crippen LogP contribution is 2.18. The monoisotopic (exact) mass is 473 g/mol. The summed E-state index contributed by atoms with van der Waals surface area (Å²) in [5.74, 6) is 0.152. The molecule has 8 nitrogen and oxygen atoms in total. The number of hydrogen-bond donors (Lipinski definition) is 2. The highest BCUT2D eigenvalue weighted by Gasteiger charge is 2.18. The summed E-state index contributed by atoms with van der Waals surface area (Å²) in [4.78, 5) is 31.2. The van der Waals surface area contributed by atoms with Crippen LogP contribution in [0.4, 0.5) is 5.69 Å². The standard InChI is InChI=1S/C27H31N5O3/c1-3-4-5-6-7-9-16-32-24(28)21(26(33)29-19-12-11-13-20(17-19)35-2)18-22-25(32)30-23-14-8-10-15-31(23)27(22)34/h8,10-15,17-18,28H,3-7,9,16H2,1-2H3,(H,29,33).